The molecule has 28 heavy (non-hydrogen) atoms. The van der Waals surface area contributed by atoms with Crippen molar-refractivity contribution in [2.24, 2.45) is 0 Å². The second-order valence-electron chi connectivity index (χ2n) is 5.80. The predicted molar refractivity (Wildman–Crippen MR) is 104 cm³/mol. The molecule has 0 fully saturated rings. The van der Waals surface area contributed by atoms with Gasteiger partial charge in [-0.2, -0.15) is 0 Å². The molecule has 1 aliphatic heterocycles. The van der Waals surface area contributed by atoms with E-state index < -0.39 is 24.0 Å². The van der Waals surface area contributed by atoms with Gasteiger partial charge in [0.2, 0.25) is 0 Å². The molecule has 0 aliphatic carbocycles. The summed E-state index contributed by atoms with van der Waals surface area (Å²) in [6.45, 7) is 3.54. The number of rotatable bonds is 9. The molecular formula is C19H24N2O6S. The van der Waals surface area contributed by atoms with Crippen LogP contribution in [0.3, 0.4) is 0 Å². The van der Waals surface area contributed by atoms with Gasteiger partial charge in [0.15, 0.2) is 0 Å². The minimum Gasteiger partial charge on any atom is -0.497 e. The summed E-state index contributed by atoms with van der Waals surface area (Å²) in [5.74, 6) is -0.173. The number of esters is 2. The molecule has 0 bridgehead atoms. The van der Waals surface area contributed by atoms with Crippen LogP contribution in [0.15, 0.2) is 40.4 Å². The van der Waals surface area contributed by atoms with Crippen LogP contribution in [0.25, 0.3) is 0 Å². The summed E-state index contributed by atoms with van der Waals surface area (Å²) in [5, 5.41) is 5.21. The fourth-order valence-corrected chi connectivity index (χ4v) is 3.28. The summed E-state index contributed by atoms with van der Waals surface area (Å²) in [5.41, 5.74) is 0.524. The summed E-state index contributed by atoms with van der Waals surface area (Å²) in [4.78, 5) is 37.1. The number of hydrogen-bond acceptors (Lipinski definition) is 7. The zero-order chi connectivity index (χ0) is 20.5. The number of thioether (sulfide) groups is 1. The number of carbonyl (C=O) groups excluding carboxylic acids is 3. The fraction of sp³-hybridized carbons (Fsp3) is 0.421. The fourth-order valence-electron chi connectivity index (χ4n) is 2.58. The Bertz CT molecular complexity index is 747. The Morgan fingerprint density at radius 3 is 2.46 bits per heavy atom. The third-order valence-electron chi connectivity index (χ3n) is 3.94. The highest BCUT2D eigenvalue weighted by Gasteiger charge is 2.31. The summed E-state index contributed by atoms with van der Waals surface area (Å²) in [6, 6.07) is 6.36. The maximum Gasteiger partial charge on any atom is 0.338 e. The third kappa shape index (κ3) is 5.91. The molecule has 2 amide bonds. The van der Waals surface area contributed by atoms with Crippen LogP contribution in [0.5, 0.6) is 5.75 Å². The van der Waals surface area contributed by atoms with Gasteiger partial charge in [0.05, 0.1) is 36.8 Å². The van der Waals surface area contributed by atoms with Crippen LogP contribution in [-0.4, -0.2) is 50.1 Å². The Kier molecular flexibility index (Phi) is 8.19. The quantitative estimate of drug-likeness (QED) is 0.477. The summed E-state index contributed by atoms with van der Waals surface area (Å²) >= 11 is 1.32. The number of benzene rings is 1. The highest BCUT2D eigenvalue weighted by atomic mass is 32.2. The van der Waals surface area contributed by atoms with Gasteiger partial charge in [-0.25, -0.2) is 9.59 Å². The van der Waals surface area contributed by atoms with E-state index in [1.54, 1.807) is 26.2 Å². The van der Waals surface area contributed by atoms with Crippen molar-refractivity contribution in [2.45, 2.75) is 31.2 Å². The highest BCUT2D eigenvalue weighted by Crippen LogP contribution is 2.22. The van der Waals surface area contributed by atoms with Gasteiger partial charge in [-0.1, -0.05) is 6.92 Å². The molecule has 2 N–H and O–H groups in total. The van der Waals surface area contributed by atoms with E-state index in [9.17, 15) is 14.4 Å². The van der Waals surface area contributed by atoms with E-state index in [-0.39, 0.29) is 30.2 Å². The molecule has 9 heteroatoms. The average Bonchev–Trinajstić information content (AvgIpc) is 2.70. The SMILES string of the molecule is CCOC(=O)C1=C(COC(=O)CSc2ccc(OC)cc2)NC(=O)N[C@H]1CC. The van der Waals surface area contributed by atoms with Crippen molar-refractivity contribution in [2.75, 3.05) is 26.1 Å². The lowest BCUT2D eigenvalue weighted by atomic mass is 10.0. The summed E-state index contributed by atoms with van der Waals surface area (Å²) in [6.07, 6.45) is 0.506. The maximum atomic E-state index is 12.3. The molecule has 8 nitrogen and oxygen atoms in total. The Morgan fingerprint density at radius 2 is 1.86 bits per heavy atom. The zero-order valence-electron chi connectivity index (χ0n) is 16.1. The first kappa shape index (κ1) is 21.6. The molecule has 0 radical (unpaired) electrons. The number of methoxy groups -OCH3 is 1. The number of nitrogens with one attached hydrogen (secondary N) is 2. The lowest BCUT2D eigenvalue weighted by Gasteiger charge is -2.28. The average molecular weight is 408 g/mol. The van der Waals surface area contributed by atoms with Crippen molar-refractivity contribution in [1.29, 1.82) is 0 Å². The summed E-state index contributed by atoms with van der Waals surface area (Å²) in [7, 11) is 1.58. The van der Waals surface area contributed by atoms with Crippen molar-refractivity contribution < 1.29 is 28.6 Å². The molecule has 0 aromatic heterocycles. The number of ether oxygens (including phenoxy) is 3. The highest BCUT2D eigenvalue weighted by molar-refractivity contribution is 8.00. The molecular weight excluding hydrogens is 384 g/mol. The van der Waals surface area contributed by atoms with E-state index in [2.05, 4.69) is 10.6 Å². The molecule has 1 aromatic rings. The molecule has 2 rings (SSSR count). The zero-order valence-corrected chi connectivity index (χ0v) is 16.9. The van der Waals surface area contributed by atoms with Gasteiger partial charge in [0, 0.05) is 4.90 Å². The van der Waals surface area contributed by atoms with E-state index in [1.807, 2.05) is 19.1 Å². The minimum absolute atomic E-state index is 0.0950. The first-order valence-electron chi connectivity index (χ1n) is 8.88. The van der Waals surface area contributed by atoms with Gasteiger partial charge in [0.1, 0.15) is 12.4 Å². The number of hydrogen-bond donors (Lipinski definition) is 2. The largest absolute Gasteiger partial charge is 0.497 e. The second-order valence-corrected chi connectivity index (χ2v) is 6.85. The minimum atomic E-state index is -0.541. The molecule has 152 valence electrons. The molecule has 1 aromatic carbocycles. The molecule has 0 saturated carbocycles. The smallest absolute Gasteiger partial charge is 0.338 e. The van der Waals surface area contributed by atoms with Crippen molar-refractivity contribution in [1.82, 2.24) is 10.6 Å². The number of amides is 2. The van der Waals surface area contributed by atoms with E-state index in [4.69, 9.17) is 14.2 Å². The van der Waals surface area contributed by atoms with Crippen molar-refractivity contribution in [3.8, 4) is 5.75 Å². The van der Waals surface area contributed by atoms with E-state index >= 15 is 0 Å². The molecule has 0 spiro atoms. The van der Waals surface area contributed by atoms with E-state index in [0.717, 1.165) is 10.6 Å². The van der Waals surface area contributed by atoms with Gasteiger partial charge in [0.25, 0.3) is 0 Å². The van der Waals surface area contributed by atoms with Gasteiger partial charge in [-0.3, -0.25) is 4.79 Å². The topological polar surface area (TPSA) is 103 Å². The van der Waals surface area contributed by atoms with Crippen LogP contribution >= 0.6 is 11.8 Å². The van der Waals surface area contributed by atoms with Gasteiger partial charge < -0.3 is 24.8 Å². The normalized spacial score (nSPS) is 16.1. The molecule has 1 aliphatic rings. The molecule has 0 unspecified atom stereocenters. The van der Waals surface area contributed by atoms with Crippen molar-refractivity contribution in [3.63, 3.8) is 0 Å². The Hall–Kier alpha value is -2.68. The van der Waals surface area contributed by atoms with Crippen LogP contribution in [-0.2, 0) is 19.1 Å². The van der Waals surface area contributed by atoms with Crippen LogP contribution in [0, 0.1) is 0 Å². The van der Waals surface area contributed by atoms with Crippen molar-refractivity contribution in [3.05, 3.63) is 35.5 Å². The lowest BCUT2D eigenvalue weighted by molar-refractivity contribution is -0.141. The van der Waals surface area contributed by atoms with Crippen LogP contribution in [0.2, 0.25) is 0 Å². The van der Waals surface area contributed by atoms with Gasteiger partial charge >= 0.3 is 18.0 Å². The molecule has 1 heterocycles. The van der Waals surface area contributed by atoms with Crippen LogP contribution in [0.1, 0.15) is 20.3 Å². The number of urea groups is 1. The number of carbonyl (C=O) groups is 3. The Labute approximate surface area is 168 Å². The first-order chi connectivity index (χ1) is 13.5. The Morgan fingerprint density at radius 1 is 1.14 bits per heavy atom. The van der Waals surface area contributed by atoms with Crippen LogP contribution in [0.4, 0.5) is 4.79 Å². The molecule has 0 saturated heterocycles. The monoisotopic (exact) mass is 408 g/mol. The van der Waals surface area contributed by atoms with E-state index in [1.165, 1.54) is 11.8 Å². The van der Waals surface area contributed by atoms with Crippen molar-refractivity contribution >= 4 is 29.7 Å². The third-order valence-corrected chi connectivity index (χ3v) is 4.93. The van der Waals surface area contributed by atoms with Gasteiger partial charge in [-0.15, -0.1) is 11.8 Å². The molecule has 1 atom stereocenters. The summed E-state index contributed by atoms with van der Waals surface area (Å²) < 4.78 is 15.4. The second kappa shape index (κ2) is 10.6. The predicted octanol–water partition coefficient (Wildman–Crippen LogP) is 2.24. The maximum absolute atomic E-state index is 12.3. The van der Waals surface area contributed by atoms with Crippen LogP contribution < -0.4 is 15.4 Å². The lowest BCUT2D eigenvalue weighted by Crippen LogP contribution is -2.51. The van der Waals surface area contributed by atoms with Gasteiger partial charge in [-0.05, 0) is 37.6 Å². The standard InChI is InChI=1S/C19H24N2O6S/c1-4-14-17(18(23)26-5-2)15(21-19(24)20-14)10-27-16(22)11-28-13-8-6-12(25-3)7-9-13/h6-9,14H,4-5,10-11H2,1-3H3,(H2,20,21,24)/t14-/m0/s1. The van der Waals surface area contributed by atoms with E-state index in [0.29, 0.717) is 6.42 Å². The first-order valence-corrected chi connectivity index (χ1v) is 9.87. The Balaban J connectivity index is 1.98.